The number of hydrogen-bond acceptors (Lipinski definition) is 3. The third-order valence-electron chi connectivity index (χ3n) is 4.33. The summed E-state index contributed by atoms with van der Waals surface area (Å²) in [6.45, 7) is 10.2. The van der Waals surface area contributed by atoms with Gasteiger partial charge in [0.2, 0.25) is 0 Å². The predicted octanol–water partition coefficient (Wildman–Crippen LogP) is 2.53. The molecule has 3 atom stereocenters. The molecule has 1 aliphatic rings. The first-order chi connectivity index (χ1) is 6.87. The van der Waals surface area contributed by atoms with Gasteiger partial charge in [-0.25, -0.2) is 0 Å². The van der Waals surface area contributed by atoms with Crippen LogP contribution in [0.2, 0.25) is 0 Å². The van der Waals surface area contributed by atoms with Gasteiger partial charge in [-0.1, -0.05) is 20.8 Å². The van der Waals surface area contributed by atoms with Crippen LogP contribution in [-0.2, 0) is 4.74 Å². The summed E-state index contributed by atoms with van der Waals surface area (Å²) in [5.74, 6) is 0. The molecule has 1 saturated carbocycles. The van der Waals surface area contributed by atoms with E-state index in [1.165, 1.54) is 0 Å². The van der Waals surface area contributed by atoms with E-state index in [1.54, 1.807) is 0 Å². The minimum Gasteiger partial charge on any atom is -0.378 e. The van der Waals surface area contributed by atoms with Crippen molar-refractivity contribution in [1.82, 2.24) is 5.32 Å². The van der Waals surface area contributed by atoms with E-state index in [-0.39, 0.29) is 11.0 Å². The van der Waals surface area contributed by atoms with Crippen LogP contribution >= 0.6 is 11.8 Å². The molecule has 1 fully saturated rings. The van der Waals surface area contributed by atoms with Gasteiger partial charge in [0, 0.05) is 30.4 Å². The Bertz CT molecular complexity index is 220. The molecule has 0 aromatic heterocycles. The summed E-state index contributed by atoms with van der Waals surface area (Å²) >= 11 is 1.91. The Hall–Kier alpha value is 0.270. The number of thioether (sulfide) groups is 1. The molecule has 2 nitrogen and oxygen atoms in total. The van der Waals surface area contributed by atoms with Crippen LogP contribution < -0.4 is 5.32 Å². The van der Waals surface area contributed by atoms with Crippen LogP contribution in [0.4, 0.5) is 0 Å². The highest BCUT2D eigenvalue weighted by Gasteiger charge is 2.57. The highest BCUT2D eigenvalue weighted by Crippen LogP contribution is 2.51. The standard InChI is InChI=1S/C12H25NOS/c1-9(15-6)8-13-10-7-12(4,14-5)11(10,2)3/h9-10,13H,7-8H2,1-6H3. The lowest BCUT2D eigenvalue weighted by molar-refractivity contribution is -0.180. The second-order valence-electron chi connectivity index (χ2n) is 5.37. The monoisotopic (exact) mass is 231 g/mol. The summed E-state index contributed by atoms with van der Waals surface area (Å²) in [4.78, 5) is 0. The van der Waals surface area contributed by atoms with Crippen LogP contribution in [0.1, 0.15) is 34.1 Å². The van der Waals surface area contributed by atoms with Crippen LogP contribution in [0, 0.1) is 5.41 Å². The summed E-state index contributed by atoms with van der Waals surface area (Å²) in [6, 6.07) is 0.594. The third kappa shape index (κ3) is 2.34. The summed E-state index contributed by atoms with van der Waals surface area (Å²) < 4.78 is 5.61. The molecule has 15 heavy (non-hydrogen) atoms. The van der Waals surface area contributed by atoms with Gasteiger partial charge in [-0.2, -0.15) is 11.8 Å². The fourth-order valence-corrected chi connectivity index (χ4v) is 2.47. The average molecular weight is 231 g/mol. The molecule has 0 amide bonds. The molecule has 1 rings (SSSR count). The molecular weight excluding hydrogens is 206 g/mol. The zero-order valence-electron chi connectivity index (χ0n) is 10.9. The van der Waals surface area contributed by atoms with E-state index in [1.807, 2.05) is 18.9 Å². The van der Waals surface area contributed by atoms with Crippen LogP contribution in [0.15, 0.2) is 0 Å². The number of hydrogen-bond donors (Lipinski definition) is 1. The average Bonchev–Trinajstić information content (AvgIpc) is 2.22. The maximum absolute atomic E-state index is 5.61. The van der Waals surface area contributed by atoms with E-state index in [4.69, 9.17) is 4.74 Å². The van der Waals surface area contributed by atoms with E-state index >= 15 is 0 Å². The van der Waals surface area contributed by atoms with Crippen LogP contribution in [0.5, 0.6) is 0 Å². The fraction of sp³-hybridized carbons (Fsp3) is 1.00. The summed E-state index contributed by atoms with van der Waals surface area (Å²) in [6.07, 6.45) is 3.29. The van der Waals surface area contributed by atoms with Crippen LogP contribution in [0.3, 0.4) is 0 Å². The Labute approximate surface area is 98.5 Å². The number of rotatable bonds is 5. The lowest BCUT2D eigenvalue weighted by Gasteiger charge is -2.59. The van der Waals surface area contributed by atoms with Gasteiger partial charge in [0.1, 0.15) is 0 Å². The molecule has 1 aliphatic carbocycles. The summed E-state index contributed by atoms with van der Waals surface area (Å²) in [7, 11) is 1.82. The molecule has 90 valence electrons. The van der Waals surface area contributed by atoms with E-state index < -0.39 is 0 Å². The topological polar surface area (TPSA) is 21.3 Å². The zero-order valence-corrected chi connectivity index (χ0v) is 11.7. The Morgan fingerprint density at radius 3 is 2.47 bits per heavy atom. The van der Waals surface area contributed by atoms with Gasteiger partial charge < -0.3 is 10.1 Å². The maximum Gasteiger partial charge on any atom is 0.0731 e. The minimum atomic E-state index is 0.0489. The van der Waals surface area contributed by atoms with Crippen molar-refractivity contribution in [2.45, 2.75) is 51.0 Å². The molecule has 3 heteroatoms. The van der Waals surface area contributed by atoms with Gasteiger partial charge in [0.15, 0.2) is 0 Å². The molecule has 0 aliphatic heterocycles. The van der Waals surface area contributed by atoms with E-state index in [2.05, 4.69) is 39.3 Å². The predicted molar refractivity (Wildman–Crippen MR) is 68.6 cm³/mol. The van der Waals surface area contributed by atoms with Crippen molar-refractivity contribution in [3.05, 3.63) is 0 Å². The molecule has 0 spiro atoms. The highest BCUT2D eigenvalue weighted by molar-refractivity contribution is 7.99. The van der Waals surface area contributed by atoms with Gasteiger partial charge >= 0.3 is 0 Å². The largest absolute Gasteiger partial charge is 0.378 e. The lowest BCUT2D eigenvalue weighted by Crippen LogP contribution is -2.68. The van der Waals surface area contributed by atoms with Crippen LogP contribution in [0.25, 0.3) is 0 Å². The first-order valence-electron chi connectivity index (χ1n) is 5.68. The molecule has 1 N–H and O–H groups in total. The van der Waals surface area contributed by atoms with Crippen molar-refractivity contribution in [2.24, 2.45) is 5.41 Å². The van der Waals surface area contributed by atoms with Crippen LogP contribution in [-0.4, -0.2) is 36.8 Å². The molecule has 0 saturated heterocycles. The lowest BCUT2D eigenvalue weighted by atomic mass is 9.56. The fourth-order valence-electron chi connectivity index (χ4n) is 2.21. The SMILES string of the molecule is COC1(C)CC(NCC(C)SC)C1(C)C. The van der Waals surface area contributed by atoms with Gasteiger partial charge in [-0.3, -0.25) is 0 Å². The zero-order chi connectivity index (χ0) is 11.7. The first-order valence-corrected chi connectivity index (χ1v) is 6.97. The third-order valence-corrected chi connectivity index (χ3v) is 5.30. The smallest absolute Gasteiger partial charge is 0.0731 e. The molecule has 3 unspecified atom stereocenters. The van der Waals surface area contributed by atoms with E-state index in [0.29, 0.717) is 11.3 Å². The second kappa shape index (κ2) is 4.64. The molecule has 0 heterocycles. The molecule has 0 bridgehead atoms. The first kappa shape index (κ1) is 13.3. The van der Waals surface area contributed by atoms with Crippen molar-refractivity contribution in [3.8, 4) is 0 Å². The van der Waals surface area contributed by atoms with E-state index in [9.17, 15) is 0 Å². The van der Waals surface area contributed by atoms with Crippen molar-refractivity contribution in [3.63, 3.8) is 0 Å². The van der Waals surface area contributed by atoms with Crippen molar-refractivity contribution in [1.29, 1.82) is 0 Å². The van der Waals surface area contributed by atoms with Gasteiger partial charge in [-0.15, -0.1) is 0 Å². The summed E-state index contributed by atoms with van der Waals surface area (Å²) in [5.41, 5.74) is 0.285. The van der Waals surface area contributed by atoms with E-state index in [0.717, 1.165) is 13.0 Å². The highest BCUT2D eigenvalue weighted by atomic mass is 32.2. The quantitative estimate of drug-likeness (QED) is 0.785. The molecule has 0 radical (unpaired) electrons. The Morgan fingerprint density at radius 2 is 2.07 bits per heavy atom. The maximum atomic E-state index is 5.61. The molecular formula is C12H25NOS. The Morgan fingerprint density at radius 1 is 1.47 bits per heavy atom. The molecule has 0 aromatic rings. The number of ether oxygens (including phenoxy) is 1. The Kier molecular flexibility index (Phi) is 4.13. The van der Waals surface area contributed by atoms with Crippen molar-refractivity contribution >= 4 is 11.8 Å². The normalized spacial score (nSPS) is 36.0. The van der Waals surface area contributed by atoms with Gasteiger partial charge in [0.05, 0.1) is 5.60 Å². The van der Waals surface area contributed by atoms with Crippen molar-refractivity contribution < 1.29 is 4.74 Å². The van der Waals surface area contributed by atoms with Crippen molar-refractivity contribution in [2.75, 3.05) is 19.9 Å². The van der Waals surface area contributed by atoms with Gasteiger partial charge in [0.25, 0.3) is 0 Å². The summed E-state index contributed by atoms with van der Waals surface area (Å²) in [5, 5.41) is 4.34. The Balaban J connectivity index is 2.42. The minimum absolute atomic E-state index is 0.0489. The van der Waals surface area contributed by atoms with Gasteiger partial charge in [-0.05, 0) is 19.6 Å². The second-order valence-corrected chi connectivity index (χ2v) is 6.64. The number of methoxy groups -OCH3 is 1. The number of nitrogens with one attached hydrogen (secondary N) is 1. The molecule has 0 aromatic carbocycles.